The normalized spacial score (nSPS) is 11.6. The van der Waals surface area contributed by atoms with E-state index in [-0.39, 0.29) is 0 Å². The zero-order chi connectivity index (χ0) is 29.0. The maximum Gasteiger partial charge on any atom is 0.0640 e. The van der Waals surface area contributed by atoms with Crippen molar-refractivity contribution in [2.45, 2.75) is 0 Å². The van der Waals surface area contributed by atoms with Crippen LogP contribution in [0.5, 0.6) is 0 Å². The van der Waals surface area contributed by atoms with E-state index < -0.39 is 0 Å². The lowest BCUT2D eigenvalue weighted by atomic mass is 9.91. The number of hydrogen-bond donors (Lipinski definition) is 0. The molecule has 0 N–H and O–H groups in total. The molecule has 0 spiro atoms. The molecule has 1 nitrogen and oxygen atoms in total. The van der Waals surface area contributed by atoms with Crippen LogP contribution in [0.3, 0.4) is 0 Å². The summed E-state index contributed by atoms with van der Waals surface area (Å²) >= 11 is 1.87. The van der Waals surface area contributed by atoms with Crippen LogP contribution < -0.4 is 4.90 Å². The average molecular weight is 578 g/mol. The van der Waals surface area contributed by atoms with E-state index in [4.69, 9.17) is 0 Å². The van der Waals surface area contributed by atoms with Gasteiger partial charge >= 0.3 is 0 Å². The Hall–Kier alpha value is -5.44. The molecule has 0 unspecified atom stereocenters. The quantitative estimate of drug-likeness (QED) is 0.188. The molecule has 0 aliphatic heterocycles. The van der Waals surface area contributed by atoms with E-state index in [0.29, 0.717) is 0 Å². The number of thiophene rings is 1. The second-order valence-electron chi connectivity index (χ2n) is 11.3. The van der Waals surface area contributed by atoms with Crippen molar-refractivity contribution in [1.82, 2.24) is 0 Å². The molecule has 0 atom stereocenters. The highest BCUT2D eigenvalue weighted by Crippen LogP contribution is 2.45. The lowest BCUT2D eigenvalue weighted by Crippen LogP contribution is -2.09. The summed E-state index contributed by atoms with van der Waals surface area (Å²) in [6, 6.07) is 59.7. The van der Waals surface area contributed by atoms with Gasteiger partial charge in [-0.05, 0) is 85.9 Å². The molecule has 206 valence electrons. The number of para-hydroxylation sites is 1. The summed E-state index contributed by atoms with van der Waals surface area (Å²) in [6.07, 6.45) is 0. The van der Waals surface area contributed by atoms with Crippen LogP contribution in [0.4, 0.5) is 17.1 Å². The maximum atomic E-state index is 2.40. The van der Waals surface area contributed by atoms with Crippen LogP contribution in [0.2, 0.25) is 0 Å². The van der Waals surface area contributed by atoms with Gasteiger partial charge in [-0.25, -0.2) is 0 Å². The number of hydrogen-bond acceptors (Lipinski definition) is 2. The lowest BCUT2D eigenvalue weighted by molar-refractivity contribution is 1.30. The van der Waals surface area contributed by atoms with Gasteiger partial charge in [0.05, 0.1) is 10.4 Å². The Kier molecular flexibility index (Phi) is 5.75. The van der Waals surface area contributed by atoms with E-state index in [1.54, 1.807) is 0 Å². The molecule has 1 aromatic heterocycles. The Morgan fingerprint density at radius 2 is 1.02 bits per heavy atom. The number of fused-ring (bicyclic) bond motifs is 8. The third-order valence-electron chi connectivity index (χ3n) is 8.84. The average Bonchev–Trinajstić information content (AvgIpc) is 3.48. The molecule has 9 rings (SSSR count). The van der Waals surface area contributed by atoms with Gasteiger partial charge in [0.25, 0.3) is 0 Å². The molecule has 0 amide bonds. The predicted molar refractivity (Wildman–Crippen MR) is 192 cm³/mol. The van der Waals surface area contributed by atoms with Crippen molar-refractivity contribution in [3.8, 4) is 11.1 Å². The van der Waals surface area contributed by atoms with Gasteiger partial charge in [-0.3, -0.25) is 0 Å². The Bertz CT molecular complexity index is 2490. The summed E-state index contributed by atoms with van der Waals surface area (Å²) in [6.45, 7) is 0. The van der Waals surface area contributed by atoms with Crippen molar-refractivity contribution in [1.29, 1.82) is 0 Å². The van der Waals surface area contributed by atoms with Crippen molar-refractivity contribution >= 4 is 80.9 Å². The van der Waals surface area contributed by atoms with Gasteiger partial charge in [-0.15, -0.1) is 11.3 Å². The van der Waals surface area contributed by atoms with E-state index in [2.05, 4.69) is 169 Å². The summed E-state index contributed by atoms with van der Waals surface area (Å²) in [4.78, 5) is 2.40. The van der Waals surface area contributed by atoms with Gasteiger partial charge < -0.3 is 4.90 Å². The third-order valence-corrected chi connectivity index (χ3v) is 10.1. The minimum atomic E-state index is 1.14. The monoisotopic (exact) mass is 577 g/mol. The molecular weight excluding hydrogens is 551 g/mol. The van der Waals surface area contributed by atoms with Crippen molar-refractivity contribution in [3.05, 3.63) is 164 Å². The Labute approximate surface area is 259 Å². The third kappa shape index (κ3) is 3.92. The Balaban J connectivity index is 1.24. The second kappa shape index (κ2) is 10.1. The van der Waals surface area contributed by atoms with E-state index in [0.717, 1.165) is 11.4 Å². The first-order valence-corrected chi connectivity index (χ1v) is 15.8. The summed E-state index contributed by atoms with van der Waals surface area (Å²) in [5.41, 5.74) is 5.96. The number of anilines is 3. The van der Waals surface area contributed by atoms with Crippen LogP contribution in [-0.4, -0.2) is 0 Å². The van der Waals surface area contributed by atoms with E-state index in [1.165, 1.54) is 69.3 Å². The predicted octanol–water partition coefficient (Wildman–Crippen LogP) is 12.7. The fourth-order valence-electron chi connectivity index (χ4n) is 6.80. The smallest absolute Gasteiger partial charge is 0.0640 e. The molecule has 2 heteroatoms. The highest BCUT2D eigenvalue weighted by atomic mass is 32.1. The van der Waals surface area contributed by atoms with Crippen LogP contribution >= 0.6 is 11.3 Å². The van der Waals surface area contributed by atoms with Gasteiger partial charge in [-0.2, -0.15) is 0 Å². The highest BCUT2D eigenvalue weighted by Gasteiger charge is 2.18. The molecule has 0 saturated carbocycles. The van der Waals surface area contributed by atoms with Gasteiger partial charge in [0.1, 0.15) is 0 Å². The number of rotatable bonds is 4. The second-order valence-corrected chi connectivity index (χ2v) is 12.4. The molecule has 8 aromatic carbocycles. The van der Waals surface area contributed by atoms with Crippen LogP contribution in [0.1, 0.15) is 0 Å². The van der Waals surface area contributed by atoms with Crippen LogP contribution in [0, 0.1) is 0 Å². The maximum absolute atomic E-state index is 2.40. The fourth-order valence-corrected chi connectivity index (χ4v) is 8.01. The Morgan fingerprint density at radius 3 is 1.86 bits per heavy atom. The van der Waals surface area contributed by atoms with Crippen LogP contribution in [-0.2, 0) is 0 Å². The van der Waals surface area contributed by atoms with E-state index in [1.807, 2.05) is 11.3 Å². The first kappa shape index (κ1) is 25.1. The van der Waals surface area contributed by atoms with Gasteiger partial charge in [0.2, 0.25) is 0 Å². The van der Waals surface area contributed by atoms with Crippen molar-refractivity contribution in [2.24, 2.45) is 0 Å². The molecule has 1 heterocycles. The number of benzene rings is 8. The zero-order valence-electron chi connectivity index (χ0n) is 23.9. The molecule has 0 radical (unpaired) electrons. The molecule has 0 aliphatic rings. The van der Waals surface area contributed by atoms with Gasteiger partial charge in [0.15, 0.2) is 0 Å². The standard InChI is InChI=1S/C42H27NS/c1-2-12-30(13-3-1)43(40-19-10-18-37-36-17-8-9-20-41(36)44-42(37)40)31-24-21-29(22-25-31)38-27-39-32-14-5-4-11-28(32)23-26-35(39)33-15-6-7-16-34(33)38/h1-27H. The first-order valence-electron chi connectivity index (χ1n) is 15.0. The molecular formula is C42H27NS. The zero-order valence-corrected chi connectivity index (χ0v) is 24.8. The SMILES string of the molecule is c1ccc(N(c2ccc(-c3cc4c5ccccc5ccc4c4ccccc34)cc2)c2cccc3c2sc2ccccc23)cc1. The largest absolute Gasteiger partial charge is 0.309 e. The van der Waals surface area contributed by atoms with Crippen molar-refractivity contribution < 1.29 is 0 Å². The van der Waals surface area contributed by atoms with Crippen molar-refractivity contribution in [2.75, 3.05) is 4.90 Å². The summed E-state index contributed by atoms with van der Waals surface area (Å²) in [5.74, 6) is 0. The van der Waals surface area contributed by atoms with Crippen molar-refractivity contribution in [3.63, 3.8) is 0 Å². The molecule has 0 bridgehead atoms. The van der Waals surface area contributed by atoms with Gasteiger partial charge in [0, 0.05) is 26.8 Å². The molecule has 9 aromatic rings. The highest BCUT2D eigenvalue weighted by molar-refractivity contribution is 7.26. The van der Waals surface area contributed by atoms with E-state index in [9.17, 15) is 0 Å². The molecule has 44 heavy (non-hydrogen) atoms. The summed E-state index contributed by atoms with van der Waals surface area (Å²) in [5, 5.41) is 10.3. The molecule has 0 fully saturated rings. The summed E-state index contributed by atoms with van der Waals surface area (Å²) < 4.78 is 2.61. The fraction of sp³-hybridized carbons (Fsp3) is 0. The topological polar surface area (TPSA) is 3.24 Å². The molecule has 0 aliphatic carbocycles. The summed E-state index contributed by atoms with van der Waals surface area (Å²) in [7, 11) is 0. The first-order chi connectivity index (χ1) is 21.8. The molecule has 0 saturated heterocycles. The van der Waals surface area contributed by atoms with Gasteiger partial charge in [-0.1, -0.05) is 121 Å². The Morgan fingerprint density at radius 1 is 0.386 bits per heavy atom. The minimum absolute atomic E-state index is 1.14. The number of nitrogens with zero attached hydrogens (tertiary/aromatic N) is 1. The van der Waals surface area contributed by atoms with Crippen LogP contribution in [0.25, 0.3) is 63.6 Å². The van der Waals surface area contributed by atoms with E-state index >= 15 is 0 Å². The van der Waals surface area contributed by atoms with Crippen LogP contribution in [0.15, 0.2) is 164 Å². The minimum Gasteiger partial charge on any atom is -0.309 e. The lowest BCUT2D eigenvalue weighted by Gasteiger charge is -2.26.